The van der Waals surface area contributed by atoms with E-state index >= 15 is 0 Å². The van der Waals surface area contributed by atoms with Crippen LogP contribution in [0.4, 0.5) is 14.9 Å². The van der Waals surface area contributed by atoms with Crippen LogP contribution in [0.1, 0.15) is 16.0 Å². The minimum atomic E-state index is -0.417. The molecule has 1 aliphatic heterocycles. The molecule has 3 amide bonds. The number of nitriles is 1. The molecule has 8 nitrogen and oxygen atoms in total. The number of amides is 3. The zero-order chi connectivity index (χ0) is 26.7. The third-order valence-corrected chi connectivity index (χ3v) is 7.07. The molecule has 0 saturated carbocycles. The van der Waals surface area contributed by atoms with Gasteiger partial charge < -0.3 is 19.9 Å². The topological polar surface area (TPSA) is 88.9 Å². The first-order valence-corrected chi connectivity index (χ1v) is 13.3. The minimum Gasteiger partial charge on any atom is -0.379 e. The van der Waals surface area contributed by atoms with Crippen LogP contribution in [0.15, 0.2) is 66.0 Å². The Kier molecular flexibility index (Phi) is 9.81. The van der Waals surface area contributed by atoms with E-state index in [2.05, 4.69) is 16.3 Å². The van der Waals surface area contributed by atoms with Crippen LogP contribution in [0.25, 0.3) is 0 Å². The van der Waals surface area contributed by atoms with Crippen LogP contribution in [0.2, 0.25) is 0 Å². The molecule has 2 heterocycles. The fourth-order valence-electron chi connectivity index (χ4n) is 4.10. The Morgan fingerprint density at radius 2 is 1.84 bits per heavy atom. The van der Waals surface area contributed by atoms with E-state index in [0.717, 1.165) is 23.5 Å². The summed E-state index contributed by atoms with van der Waals surface area (Å²) in [5, 5.41) is 14.0. The largest absolute Gasteiger partial charge is 0.379 e. The molecule has 0 aliphatic carbocycles. The smallest absolute Gasteiger partial charge is 0.322 e. The van der Waals surface area contributed by atoms with Crippen molar-refractivity contribution in [3.8, 4) is 6.07 Å². The SMILES string of the molecule is N#Cc1cccc(NC(=O)N(CCN2CCOCC2)CC(=O)N(Cc2ccc(F)cc2)Cc2cccs2)c1. The highest BCUT2D eigenvalue weighted by molar-refractivity contribution is 7.09. The van der Waals surface area contributed by atoms with E-state index in [1.807, 2.05) is 17.5 Å². The molecule has 1 aromatic heterocycles. The summed E-state index contributed by atoms with van der Waals surface area (Å²) in [5.41, 5.74) is 1.72. The molecule has 10 heteroatoms. The van der Waals surface area contributed by atoms with Crippen molar-refractivity contribution in [1.82, 2.24) is 14.7 Å². The number of anilines is 1. The Labute approximate surface area is 225 Å². The zero-order valence-corrected chi connectivity index (χ0v) is 21.8. The molecular weight excluding hydrogens is 505 g/mol. The molecule has 38 heavy (non-hydrogen) atoms. The second-order valence-corrected chi connectivity index (χ2v) is 9.99. The Morgan fingerprint density at radius 3 is 2.55 bits per heavy atom. The summed E-state index contributed by atoms with van der Waals surface area (Å²) in [6.45, 7) is 4.31. The number of carbonyl (C=O) groups is 2. The third kappa shape index (κ3) is 8.11. The predicted octanol–water partition coefficient (Wildman–Crippen LogP) is 4.15. The van der Waals surface area contributed by atoms with Crippen molar-refractivity contribution in [2.24, 2.45) is 0 Å². The second-order valence-electron chi connectivity index (χ2n) is 8.95. The van der Waals surface area contributed by atoms with Gasteiger partial charge in [0.25, 0.3) is 0 Å². The molecular formula is C28H30FN5O3S. The first-order chi connectivity index (χ1) is 18.5. The number of ether oxygens (including phenoxy) is 1. The van der Waals surface area contributed by atoms with Crippen LogP contribution in [-0.4, -0.2) is 72.6 Å². The first-order valence-electron chi connectivity index (χ1n) is 12.4. The van der Waals surface area contributed by atoms with Gasteiger partial charge in [-0.2, -0.15) is 5.26 Å². The molecule has 2 aromatic carbocycles. The number of morpholine rings is 1. The monoisotopic (exact) mass is 535 g/mol. The Bertz CT molecular complexity index is 1240. The number of nitrogens with one attached hydrogen (secondary N) is 1. The van der Waals surface area contributed by atoms with Crippen LogP contribution < -0.4 is 5.32 Å². The van der Waals surface area contributed by atoms with E-state index in [9.17, 15) is 19.2 Å². The molecule has 0 atom stereocenters. The van der Waals surface area contributed by atoms with Gasteiger partial charge in [0, 0.05) is 43.3 Å². The number of urea groups is 1. The molecule has 1 N–H and O–H groups in total. The fraction of sp³-hybridized carbons (Fsp3) is 0.321. The van der Waals surface area contributed by atoms with Crippen LogP contribution in [0, 0.1) is 17.1 Å². The van der Waals surface area contributed by atoms with Gasteiger partial charge in [-0.1, -0.05) is 24.3 Å². The maximum atomic E-state index is 13.6. The summed E-state index contributed by atoms with van der Waals surface area (Å²) in [6.07, 6.45) is 0. The van der Waals surface area contributed by atoms with Crippen molar-refractivity contribution >= 4 is 29.0 Å². The lowest BCUT2D eigenvalue weighted by Crippen LogP contribution is -2.48. The molecule has 0 spiro atoms. The number of halogens is 1. The van der Waals surface area contributed by atoms with Crippen molar-refractivity contribution in [3.63, 3.8) is 0 Å². The van der Waals surface area contributed by atoms with Crippen molar-refractivity contribution < 1.29 is 18.7 Å². The zero-order valence-electron chi connectivity index (χ0n) is 21.0. The number of rotatable bonds is 10. The van der Waals surface area contributed by atoms with E-state index in [0.29, 0.717) is 50.6 Å². The normalized spacial score (nSPS) is 13.5. The average molecular weight is 536 g/mol. The highest BCUT2D eigenvalue weighted by atomic mass is 32.1. The van der Waals surface area contributed by atoms with Crippen molar-refractivity contribution in [1.29, 1.82) is 5.26 Å². The van der Waals surface area contributed by atoms with E-state index in [4.69, 9.17) is 4.74 Å². The standard InChI is InChI=1S/C28H30FN5O3S/c29-24-8-6-22(7-9-24)19-34(20-26-5-2-16-38-26)27(35)21-33(11-10-32-12-14-37-15-13-32)28(36)31-25-4-1-3-23(17-25)18-30/h1-9,16-17H,10-15,19-21H2,(H,31,36). The molecule has 0 unspecified atom stereocenters. The molecule has 1 fully saturated rings. The maximum absolute atomic E-state index is 13.6. The Hall–Kier alpha value is -3.78. The van der Waals surface area contributed by atoms with Gasteiger partial charge >= 0.3 is 6.03 Å². The van der Waals surface area contributed by atoms with Gasteiger partial charge in [-0.25, -0.2) is 9.18 Å². The molecule has 198 valence electrons. The summed E-state index contributed by atoms with van der Waals surface area (Å²) in [4.78, 5) is 33.4. The Morgan fingerprint density at radius 1 is 1.05 bits per heavy atom. The molecule has 1 aliphatic rings. The van der Waals surface area contributed by atoms with Crippen LogP contribution in [-0.2, 0) is 22.6 Å². The van der Waals surface area contributed by atoms with E-state index in [1.165, 1.54) is 17.0 Å². The van der Waals surface area contributed by atoms with Gasteiger partial charge in [-0.3, -0.25) is 9.69 Å². The van der Waals surface area contributed by atoms with Crippen LogP contribution in [0.5, 0.6) is 0 Å². The minimum absolute atomic E-state index is 0.124. The van der Waals surface area contributed by atoms with Crippen LogP contribution >= 0.6 is 11.3 Å². The molecule has 3 aromatic rings. The average Bonchev–Trinajstić information content (AvgIpc) is 3.45. The van der Waals surface area contributed by atoms with Gasteiger partial charge in [0.2, 0.25) is 5.91 Å². The number of thiophene rings is 1. The molecule has 4 rings (SSSR count). The molecule has 0 radical (unpaired) electrons. The van der Waals surface area contributed by atoms with Crippen molar-refractivity contribution in [2.45, 2.75) is 13.1 Å². The van der Waals surface area contributed by atoms with E-state index in [-0.39, 0.29) is 18.3 Å². The van der Waals surface area contributed by atoms with Gasteiger partial charge in [0.15, 0.2) is 0 Å². The Balaban J connectivity index is 1.50. The lowest BCUT2D eigenvalue weighted by Gasteiger charge is -2.31. The van der Waals surface area contributed by atoms with Crippen molar-refractivity contribution in [3.05, 3.63) is 87.9 Å². The van der Waals surface area contributed by atoms with Gasteiger partial charge in [-0.05, 0) is 47.3 Å². The highest BCUT2D eigenvalue weighted by Crippen LogP contribution is 2.17. The second kappa shape index (κ2) is 13.7. The number of benzene rings is 2. The molecule has 1 saturated heterocycles. The summed E-state index contributed by atoms with van der Waals surface area (Å²) >= 11 is 1.55. The first kappa shape index (κ1) is 27.3. The summed E-state index contributed by atoms with van der Waals surface area (Å²) in [6, 6.07) is 18.3. The van der Waals surface area contributed by atoms with Crippen molar-refractivity contribution in [2.75, 3.05) is 51.3 Å². The predicted molar refractivity (Wildman–Crippen MR) is 144 cm³/mol. The number of hydrogen-bond acceptors (Lipinski definition) is 6. The van der Waals surface area contributed by atoms with Gasteiger partial charge in [0.05, 0.1) is 31.4 Å². The highest BCUT2D eigenvalue weighted by Gasteiger charge is 2.23. The summed E-state index contributed by atoms with van der Waals surface area (Å²) < 4.78 is 18.9. The van der Waals surface area contributed by atoms with Gasteiger partial charge in [0.1, 0.15) is 12.4 Å². The quantitative estimate of drug-likeness (QED) is 0.421. The van der Waals surface area contributed by atoms with Crippen LogP contribution in [0.3, 0.4) is 0 Å². The maximum Gasteiger partial charge on any atom is 0.322 e. The lowest BCUT2D eigenvalue weighted by atomic mass is 10.2. The number of nitrogens with zero attached hydrogens (tertiary/aromatic N) is 4. The number of hydrogen-bond donors (Lipinski definition) is 1. The lowest BCUT2D eigenvalue weighted by molar-refractivity contribution is -0.133. The molecule has 0 bridgehead atoms. The summed E-state index contributed by atoms with van der Waals surface area (Å²) in [5.74, 6) is -0.554. The summed E-state index contributed by atoms with van der Waals surface area (Å²) in [7, 11) is 0. The third-order valence-electron chi connectivity index (χ3n) is 6.21. The van der Waals surface area contributed by atoms with Gasteiger partial charge in [-0.15, -0.1) is 11.3 Å². The number of carbonyl (C=O) groups excluding carboxylic acids is 2. The fourth-order valence-corrected chi connectivity index (χ4v) is 4.82. The van der Waals surface area contributed by atoms with E-state index in [1.54, 1.807) is 52.6 Å². The van der Waals surface area contributed by atoms with E-state index < -0.39 is 6.03 Å².